The summed E-state index contributed by atoms with van der Waals surface area (Å²) in [6.45, 7) is 8.14. The van der Waals surface area contributed by atoms with E-state index in [9.17, 15) is 4.79 Å². The maximum atomic E-state index is 11.9. The molecule has 0 aliphatic carbocycles. The number of hydrogen-bond acceptors (Lipinski definition) is 3. The maximum absolute atomic E-state index is 11.9. The lowest BCUT2D eigenvalue weighted by Gasteiger charge is -2.10. The van der Waals surface area contributed by atoms with Crippen LogP contribution in [0.3, 0.4) is 0 Å². The molecule has 0 aliphatic heterocycles. The van der Waals surface area contributed by atoms with Gasteiger partial charge in [-0.1, -0.05) is 26.0 Å². The lowest BCUT2D eigenvalue weighted by atomic mass is 10.1. The number of hydrogen-bond donors (Lipinski definition) is 0. The molecule has 0 saturated heterocycles. The molecule has 0 fully saturated rings. The quantitative estimate of drug-likeness (QED) is 0.720. The molecule has 0 spiro atoms. The summed E-state index contributed by atoms with van der Waals surface area (Å²) in [5, 5.41) is 0.481. The van der Waals surface area contributed by atoms with Crippen LogP contribution >= 0.6 is 11.8 Å². The van der Waals surface area contributed by atoms with E-state index in [0.29, 0.717) is 11.0 Å². The SMILES string of the molecule is CC(C)Oc1cccc(C(=O)CSC(C)C)c1. The zero-order valence-electron chi connectivity index (χ0n) is 10.9. The molecule has 0 heterocycles. The summed E-state index contributed by atoms with van der Waals surface area (Å²) in [6, 6.07) is 7.41. The lowest BCUT2D eigenvalue weighted by Crippen LogP contribution is -2.08. The second-order valence-corrected chi connectivity index (χ2v) is 6.04. The summed E-state index contributed by atoms with van der Waals surface area (Å²) in [5.41, 5.74) is 0.733. The van der Waals surface area contributed by atoms with E-state index in [1.54, 1.807) is 11.8 Å². The number of carbonyl (C=O) groups excluding carboxylic acids is 1. The Labute approximate surface area is 108 Å². The van der Waals surface area contributed by atoms with Gasteiger partial charge in [0.2, 0.25) is 0 Å². The Balaban J connectivity index is 2.67. The molecule has 0 atom stereocenters. The number of thioether (sulfide) groups is 1. The Morgan fingerprint density at radius 2 is 2.00 bits per heavy atom. The first kappa shape index (κ1) is 14.1. The van der Waals surface area contributed by atoms with Gasteiger partial charge < -0.3 is 4.74 Å². The molecule has 0 amide bonds. The topological polar surface area (TPSA) is 26.3 Å². The van der Waals surface area contributed by atoms with Crippen LogP contribution in [0.25, 0.3) is 0 Å². The summed E-state index contributed by atoms with van der Waals surface area (Å²) in [7, 11) is 0. The fourth-order valence-electron chi connectivity index (χ4n) is 1.34. The number of rotatable bonds is 6. The summed E-state index contributed by atoms with van der Waals surface area (Å²) < 4.78 is 5.57. The normalized spacial score (nSPS) is 10.9. The smallest absolute Gasteiger partial charge is 0.172 e. The molecule has 0 N–H and O–H groups in total. The molecule has 2 nitrogen and oxygen atoms in total. The molecule has 0 unspecified atom stereocenters. The number of carbonyl (C=O) groups is 1. The van der Waals surface area contributed by atoms with Crippen molar-refractivity contribution in [3.8, 4) is 5.75 Å². The number of Topliss-reactive ketones (excluding diaryl/α,β-unsaturated/α-hetero) is 1. The van der Waals surface area contributed by atoms with Crippen LogP contribution in [0.4, 0.5) is 0 Å². The third-order valence-electron chi connectivity index (χ3n) is 2.08. The van der Waals surface area contributed by atoms with Crippen LogP contribution in [0, 0.1) is 0 Å². The van der Waals surface area contributed by atoms with Crippen molar-refractivity contribution in [2.75, 3.05) is 5.75 Å². The molecule has 1 rings (SSSR count). The van der Waals surface area contributed by atoms with E-state index in [1.165, 1.54) is 0 Å². The molecule has 94 valence electrons. The van der Waals surface area contributed by atoms with Crippen LogP contribution in [0.15, 0.2) is 24.3 Å². The fraction of sp³-hybridized carbons (Fsp3) is 0.500. The molecule has 0 aliphatic rings. The first-order chi connectivity index (χ1) is 7.99. The number of benzene rings is 1. The van der Waals surface area contributed by atoms with E-state index < -0.39 is 0 Å². The molecule has 1 aromatic rings. The highest BCUT2D eigenvalue weighted by molar-refractivity contribution is 8.00. The van der Waals surface area contributed by atoms with Gasteiger partial charge >= 0.3 is 0 Å². The van der Waals surface area contributed by atoms with Gasteiger partial charge in [-0.3, -0.25) is 4.79 Å². The first-order valence-corrected chi connectivity index (χ1v) is 6.95. The number of ether oxygens (including phenoxy) is 1. The summed E-state index contributed by atoms with van der Waals surface area (Å²) in [5.74, 6) is 1.46. The minimum Gasteiger partial charge on any atom is -0.491 e. The number of ketones is 1. The van der Waals surface area contributed by atoms with Crippen LogP contribution in [-0.2, 0) is 0 Å². The van der Waals surface area contributed by atoms with Gasteiger partial charge in [0, 0.05) is 5.56 Å². The Morgan fingerprint density at radius 3 is 2.59 bits per heavy atom. The van der Waals surface area contributed by atoms with Gasteiger partial charge in [0.1, 0.15) is 5.75 Å². The van der Waals surface area contributed by atoms with Crippen molar-refractivity contribution < 1.29 is 9.53 Å². The average molecular weight is 252 g/mol. The van der Waals surface area contributed by atoms with Crippen molar-refractivity contribution in [3.05, 3.63) is 29.8 Å². The second-order valence-electron chi connectivity index (χ2n) is 4.48. The van der Waals surface area contributed by atoms with Crippen molar-refractivity contribution in [1.29, 1.82) is 0 Å². The van der Waals surface area contributed by atoms with Gasteiger partial charge in [0.05, 0.1) is 11.9 Å². The van der Waals surface area contributed by atoms with Crippen LogP contribution in [-0.4, -0.2) is 22.9 Å². The van der Waals surface area contributed by atoms with E-state index in [2.05, 4.69) is 13.8 Å². The summed E-state index contributed by atoms with van der Waals surface area (Å²) >= 11 is 1.66. The van der Waals surface area contributed by atoms with Crippen molar-refractivity contribution in [3.63, 3.8) is 0 Å². The van der Waals surface area contributed by atoms with Gasteiger partial charge in [-0.15, -0.1) is 0 Å². The van der Waals surface area contributed by atoms with Crippen molar-refractivity contribution in [1.82, 2.24) is 0 Å². The van der Waals surface area contributed by atoms with Gasteiger partial charge in [0.15, 0.2) is 5.78 Å². The highest BCUT2D eigenvalue weighted by Crippen LogP contribution is 2.18. The molecule has 0 aromatic heterocycles. The van der Waals surface area contributed by atoms with Crippen molar-refractivity contribution >= 4 is 17.5 Å². The highest BCUT2D eigenvalue weighted by Gasteiger charge is 2.08. The predicted molar refractivity (Wildman–Crippen MR) is 74.1 cm³/mol. The van der Waals surface area contributed by atoms with Crippen LogP contribution in [0.5, 0.6) is 5.75 Å². The molecule has 0 bridgehead atoms. The van der Waals surface area contributed by atoms with Gasteiger partial charge in [0.25, 0.3) is 0 Å². The Bertz CT molecular complexity index is 372. The molecular weight excluding hydrogens is 232 g/mol. The Morgan fingerprint density at radius 1 is 1.29 bits per heavy atom. The minimum absolute atomic E-state index is 0.130. The summed E-state index contributed by atoms with van der Waals surface area (Å²) in [4.78, 5) is 11.9. The lowest BCUT2D eigenvalue weighted by molar-refractivity contribution is 0.102. The van der Waals surface area contributed by atoms with E-state index >= 15 is 0 Å². The van der Waals surface area contributed by atoms with Crippen LogP contribution < -0.4 is 4.74 Å². The monoisotopic (exact) mass is 252 g/mol. The largest absolute Gasteiger partial charge is 0.491 e. The van der Waals surface area contributed by atoms with Gasteiger partial charge in [-0.2, -0.15) is 11.8 Å². The van der Waals surface area contributed by atoms with Gasteiger partial charge in [-0.25, -0.2) is 0 Å². The molecule has 3 heteroatoms. The van der Waals surface area contributed by atoms with E-state index in [1.807, 2.05) is 38.1 Å². The highest BCUT2D eigenvalue weighted by atomic mass is 32.2. The third-order valence-corrected chi connectivity index (χ3v) is 3.17. The Hall–Kier alpha value is -0.960. The first-order valence-electron chi connectivity index (χ1n) is 5.90. The summed E-state index contributed by atoms with van der Waals surface area (Å²) in [6.07, 6.45) is 0.130. The maximum Gasteiger partial charge on any atom is 0.172 e. The van der Waals surface area contributed by atoms with E-state index in [4.69, 9.17) is 4.74 Å². The average Bonchev–Trinajstić information content (AvgIpc) is 2.25. The van der Waals surface area contributed by atoms with Crippen molar-refractivity contribution in [2.45, 2.75) is 39.0 Å². The fourth-order valence-corrected chi connectivity index (χ4v) is 1.99. The molecule has 0 saturated carbocycles. The zero-order chi connectivity index (χ0) is 12.8. The molecular formula is C14H20O2S. The molecule has 17 heavy (non-hydrogen) atoms. The van der Waals surface area contributed by atoms with Crippen molar-refractivity contribution in [2.24, 2.45) is 0 Å². The van der Waals surface area contributed by atoms with Crippen LogP contribution in [0.1, 0.15) is 38.1 Å². The zero-order valence-corrected chi connectivity index (χ0v) is 11.7. The molecule has 0 radical (unpaired) electrons. The third kappa shape index (κ3) is 5.26. The minimum atomic E-state index is 0.130. The van der Waals surface area contributed by atoms with Crippen LogP contribution in [0.2, 0.25) is 0 Å². The van der Waals surface area contributed by atoms with Gasteiger partial charge in [-0.05, 0) is 31.2 Å². The molecule has 1 aromatic carbocycles. The second kappa shape index (κ2) is 6.70. The van der Waals surface area contributed by atoms with E-state index in [0.717, 1.165) is 11.3 Å². The van der Waals surface area contributed by atoms with E-state index in [-0.39, 0.29) is 11.9 Å². The standard InChI is InChI=1S/C14H20O2S/c1-10(2)16-13-7-5-6-12(8-13)14(15)9-17-11(3)4/h5-8,10-11H,9H2,1-4H3. The predicted octanol–water partition coefficient (Wildman–Crippen LogP) is 3.80. The Kier molecular flexibility index (Phi) is 5.56.